The molecule has 130 valence electrons. The second-order valence-electron chi connectivity index (χ2n) is 6.37. The largest absolute Gasteiger partial charge is 0.481 e. The minimum Gasteiger partial charge on any atom is -0.481 e. The molecule has 1 aromatic rings. The van der Waals surface area contributed by atoms with Crippen molar-refractivity contribution in [3.8, 4) is 11.5 Å². The van der Waals surface area contributed by atoms with Crippen molar-refractivity contribution in [2.75, 3.05) is 33.1 Å². The molecule has 0 bridgehead atoms. The second kappa shape index (κ2) is 6.23. The van der Waals surface area contributed by atoms with Gasteiger partial charge < -0.3 is 24.1 Å². The smallest absolute Gasteiger partial charge is 0.305 e. The highest BCUT2D eigenvalue weighted by Crippen LogP contribution is 2.39. The number of piperidine rings is 1. The van der Waals surface area contributed by atoms with Crippen LogP contribution in [-0.2, 0) is 14.3 Å². The number of aliphatic carboxylic acids is 1. The van der Waals surface area contributed by atoms with Crippen LogP contribution in [0.4, 0.5) is 0 Å². The molecule has 0 amide bonds. The first-order valence-electron chi connectivity index (χ1n) is 8.29. The van der Waals surface area contributed by atoms with Gasteiger partial charge in [0.15, 0.2) is 17.3 Å². The zero-order valence-corrected chi connectivity index (χ0v) is 13.4. The molecule has 4 rings (SSSR count). The topological polar surface area (TPSA) is 77.5 Å². The molecule has 1 spiro atoms. The molecule has 0 aliphatic carbocycles. The van der Waals surface area contributed by atoms with E-state index in [1.165, 1.54) is 0 Å². The zero-order chi connectivity index (χ0) is 16.6. The highest BCUT2D eigenvalue weighted by atomic mass is 16.7. The van der Waals surface area contributed by atoms with Crippen LogP contribution in [0.5, 0.6) is 11.5 Å². The van der Waals surface area contributed by atoms with Crippen LogP contribution < -0.4 is 9.47 Å². The maximum Gasteiger partial charge on any atom is 0.305 e. The third kappa shape index (κ3) is 2.94. The Morgan fingerprint density at radius 3 is 2.58 bits per heavy atom. The van der Waals surface area contributed by atoms with Gasteiger partial charge in [-0.15, -0.1) is 0 Å². The fourth-order valence-electron chi connectivity index (χ4n) is 3.71. The van der Waals surface area contributed by atoms with Gasteiger partial charge in [-0.1, -0.05) is 6.07 Å². The summed E-state index contributed by atoms with van der Waals surface area (Å²) >= 11 is 0. The van der Waals surface area contributed by atoms with Crippen LogP contribution in [0, 0.1) is 0 Å². The van der Waals surface area contributed by atoms with Crippen molar-refractivity contribution < 1.29 is 28.8 Å². The summed E-state index contributed by atoms with van der Waals surface area (Å²) < 4.78 is 22.3. The van der Waals surface area contributed by atoms with E-state index < -0.39 is 11.8 Å². The van der Waals surface area contributed by atoms with Crippen molar-refractivity contribution in [1.82, 2.24) is 4.90 Å². The number of nitrogens with zero attached hydrogens (tertiary/aromatic N) is 1. The molecule has 0 unspecified atom stereocenters. The van der Waals surface area contributed by atoms with Crippen LogP contribution in [0.3, 0.4) is 0 Å². The number of hydrogen-bond acceptors (Lipinski definition) is 6. The van der Waals surface area contributed by atoms with Crippen LogP contribution in [-0.4, -0.2) is 54.9 Å². The van der Waals surface area contributed by atoms with Gasteiger partial charge in [-0.3, -0.25) is 9.69 Å². The first kappa shape index (κ1) is 15.7. The Kier molecular flexibility index (Phi) is 4.07. The monoisotopic (exact) mass is 335 g/mol. The van der Waals surface area contributed by atoms with E-state index in [-0.39, 0.29) is 19.3 Å². The number of benzene rings is 1. The van der Waals surface area contributed by atoms with E-state index in [1.54, 1.807) is 0 Å². The van der Waals surface area contributed by atoms with Crippen molar-refractivity contribution in [3.05, 3.63) is 23.8 Å². The Morgan fingerprint density at radius 2 is 1.88 bits per heavy atom. The van der Waals surface area contributed by atoms with Gasteiger partial charge in [0.25, 0.3) is 0 Å². The van der Waals surface area contributed by atoms with Crippen molar-refractivity contribution in [1.29, 1.82) is 0 Å². The van der Waals surface area contributed by atoms with Gasteiger partial charge in [0.05, 0.1) is 19.6 Å². The second-order valence-corrected chi connectivity index (χ2v) is 6.37. The summed E-state index contributed by atoms with van der Waals surface area (Å²) in [7, 11) is 0. The predicted molar refractivity (Wildman–Crippen MR) is 83.0 cm³/mol. The molecule has 1 aromatic carbocycles. The molecule has 3 heterocycles. The molecular weight excluding hydrogens is 314 g/mol. The molecule has 3 aliphatic rings. The first-order chi connectivity index (χ1) is 11.7. The van der Waals surface area contributed by atoms with Crippen LogP contribution in [0.25, 0.3) is 0 Å². The Bertz CT molecular complexity index is 618. The Labute approximate surface area is 140 Å². The van der Waals surface area contributed by atoms with Gasteiger partial charge in [-0.25, -0.2) is 0 Å². The number of likely N-dealkylation sites (tertiary alicyclic amines) is 1. The van der Waals surface area contributed by atoms with Crippen molar-refractivity contribution in [3.63, 3.8) is 0 Å². The fraction of sp³-hybridized carbons (Fsp3) is 0.588. The zero-order valence-electron chi connectivity index (χ0n) is 13.4. The van der Waals surface area contributed by atoms with Crippen LogP contribution >= 0.6 is 0 Å². The van der Waals surface area contributed by atoms with E-state index in [0.717, 1.165) is 31.5 Å². The lowest BCUT2D eigenvalue weighted by Crippen LogP contribution is -2.46. The Balaban J connectivity index is 1.53. The van der Waals surface area contributed by atoms with Crippen LogP contribution in [0.1, 0.15) is 30.9 Å². The van der Waals surface area contributed by atoms with Gasteiger partial charge in [0.2, 0.25) is 6.79 Å². The van der Waals surface area contributed by atoms with Gasteiger partial charge in [0, 0.05) is 32.0 Å². The maximum absolute atomic E-state index is 11.4. The molecular formula is C17H21NO6. The molecule has 3 aliphatic heterocycles. The SMILES string of the molecule is O=C(O)C[C@H](c1ccc2c(c1)OCO2)N1CCC2(CC1)OCCO2. The van der Waals surface area contributed by atoms with Gasteiger partial charge in [-0.05, 0) is 17.7 Å². The number of hydrogen-bond donors (Lipinski definition) is 1. The first-order valence-corrected chi connectivity index (χ1v) is 8.29. The van der Waals surface area contributed by atoms with Crippen molar-refractivity contribution in [2.45, 2.75) is 31.1 Å². The van der Waals surface area contributed by atoms with E-state index in [9.17, 15) is 9.90 Å². The number of ether oxygens (including phenoxy) is 4. The summed E-state index contributed by atoms with van der Waals surface area (Å²) in [6.45, 7) is 2.98. The van der Waals surface area contributed by atoms with Crippen molar-refractivity contribution >= 4 is 5.97 Å². The highest BCUT2D eigenvalue weighted by molar-refractivity contribution is 5.68. The third-order valence-electron chi connectivity index (χ3n) is 4.96. The summed E-state index contributed by atoms with van der Waals surface area (Å²) in [5.74, 6) is 0.113. The van der Waals surface area contributed by atoms with Crippen LogP contribution in [0.2, 0.25) is 0 Å². The molecule has 1 N–H and O–H groups in total. The average molecular weight is 335 g/mol. The summed E-state index contributed by atoms with van der Waals surface area (Å²) in [5.41, 5.74) is 0.936. The lowest BCUT2D eigenvalue weighted by Gasteiger charge is -2.41. The third-order valence-corrected chi connectivity index (χ3v) is 4.96. The van der Waals surface area contributed by atoms with E-state index in [2.05, 4.69) is 4.90 Å². The highest BCUT2D eigenvalue weighted by Gasteiger charge is 2.41. The van der Waals surface area contributed by atoms with Gasteiger partial charge in [-0.2, -0.15) is 0 Å². The number of carboxylic acid groups (broad SMARTS) is 1. The fourth-order valence-corrected chi connectivity index (χ4v) is 3.71. The Morgan fingerprint density at radius 1 is 1.17 bits per heavy atom. The minimum absolute atomic E-state index is 0.0500. The molecule has 7 nitrogen and oxygen atoms in total. The molecule has 2 saturated heterocycles. The summed E-state index contributed by atoms with van der Waals surface area (Å²) in [6.07, 6.45) is 1.57. The number of carbonyl (C=O) groups is 1. The molecule has 0 saturated carbocycles. The lowest BCUT2D eigenvalue weighted by molar-refractivity contribution is -0.188. The summed E-state index contributed by atoms with van der Waals surface area (Å²) in [6, 6.07) is 5.47. The summed E-state index contributed by atoms with van der Waals surface area (Å²) in [5, 5.41) is 9.34. The normalized spacial score (nSPS) is 23.5. The standard InChI is InChI=1S/C17H21NO6/c19-16(20)10-13(12-1-2-14-15(9-12)22-11-21-14)18-5-3-17(4-6-18)23-7-8-24-17/h1-2,9,13H,3-8,10-11H2,(H,19,20)/t13-/m1/s1. The lowest BCUT2D eigenvalue weighted by atomic mass is 9.96. The molecule has 0 aromatic heterocycles. The minimum atomic E-state index is -0.814. The number of carboxylic acids is 1. The number of fused-ring (bicyclic) bond motifs is 1. The Hall–Kier alpha value is -1.83. The summed E-state index contributed by atoms with van der Waals surface area (Å²) in [4.78, 5) is 13.6. The number of rotatable bonds is 4. The molecule has 2 fully saturated rings. The molecule has 1 atom stereocenters. The van der Waals surface area contributed by atoms with E-state index in [1.807, 2.05) is 18.2 Å². The van der Waals surface area contributed by atoms with E-state index >= 15 is 0 Å². The van der Waals surface area contributed by atoms with E-state index in [0.29, 0.717) is 24.7 Å². The van der Waals surface area contributed by atoms with Crippen LogP contribution in [0.15, 0.2) is 18.2 Å². The van der Waals surface area contributed by atoms with Gasteiger partial charge >= 0.3 is 5.97 Å². The molecule has 7 heteroatoms. The molecule has 0 radical (unpaired) electrons. The van der Waals surface area contributed by atoms with Crippen molar-refractivity contribution in [2.24, 2.45) is 0 Å². The maximum atomic E-state index is 11.4. The van der Waals surface area contributed by atoms with E-state index in [4.69, 9.17) is 18.9 Å². The molecule has 24 heavy (non-hydrogen) atoms. The predicted octanol–water partition coefficient (Wildman–Crippen LogP) is 1.77. The quantitative estimate of drug-likeness (QED) is 0.898. The van der Waals surface area contributed by atoms with Gasteiger partial charge in [0.1, 0.15) is 0 Å². The average Bonchev–Trinajstić information content (AvgIpc) is 3.22.